The lowest BCUT2D eigenvalue weighted by atomic mass is 10.1. The third kappa shape index (κ3) is 9.19. The lowest BCUT2D eigenvalue weighted by molar-refractivity contribution is -0.133. The second kappa shape index (κ2) is 13.3. The molecule has 0 radical (unpaired) electrons. The quantitative estimate of drug-likeness (QED) is 0.721. The van der Waals surface area contributed by atoms with E-state index in [1.807, 2.05) is 11.8 Å². The van der Waals surface area contributed by atoms with E-state index in [-0.39, 0.29) is 36.8 Å². The highest BCUT2D eigenvalue weighted by Gasteiger charge is 2.20. The van der Waals surface area contributed by atoms with Gasteiger partial charge in [-0.15, -0.1) is 24.8 Å². The number of hydrogen-bond acceptors (Lipinski definition) is 4. The molecule has 1 aliphatic rings. The Morgan fingerprint density at radius 2 is 1.77 bits per heavy atom. The molecule has 1 fully saturated rings. The fourth-order valence-corrected chi connectivity index (χ4v) is 3.02. The highest BCUT2D eigenvalue weighted by molar-refractivity contribution is 5.85. The number of hydrogen-bond donors (Lipinski definition) is 1. The molecule has 1 amide bonds. The van der Waals surface area contributed by atoms with Crippen LogP contribution in [-0.2, 0) is 11.3 Å². The van der Waals surface area contributed by atoms with E-state index in [1.54, 1.807) is 0 Å². The van der Waals surface area contributed by atoms with Crippen LogP contribution >= 0.6 is 24.8 Å². The summed E-state index contributed by atoms with van der Waals surface area (Å²) in [5.41, 5.74) is 7.08. The summed E-state index contributed by atoms with van der Waals surface area (Å²) in [4.78, 5) is 18.9. The van der Waals surface area contributed by atoms with Gasteiger partial charge in [0.2, 0.25) is 5.91 Å². The van der Waals surface area contributed by atoms with Crippen LogP contribution in [0.1, 0.15) is 25.3 Å². The monoisotopic (exact) mass is 404 g/mol. The number of likely N-dealkylation sites (N-methyl/N-ethyl adjacent to an activating group) is 1. The molecule has 2 rings (SSSR count). The van der Waals surface area contributed by atoms with Crippen LogP contribution in [0.5, 0.6) is 0 Å². The smallest absolute Gasteiger partial charge is 0.222 e. The minimum absolute atomic E-state index is 0. The first-order chi connectivity index (χ1) is 11.5. The van der Waals surface area contributed by atoms with Crippen molar-refractivity contribution in [3.63, 3.8) is 0 Å². The zero-order valence-electron chi connectivity index (χ0n) is 16.0. The summed E-state index contributed by atoms with van der Waals surface area (Å²) in [6.45, 7) is 8.69. The van der Waals surface area contributed by atoms with Crippen LogP contribution in [0.2, 0.25) is 0 Å². The van der Waals surface area contributed by atoms with Gasteiger partial charge < -0.3 is 15.5 Å². The molecule has 1 aliphatic heterocycles. The molecule has 0 saturated carbocycles. The van der Waals surface area contributed by atoms with Crippen molar-refractivity contribution in [2.24, 2.45) is 5.73 Å². The van der Waals surface area contributed by atoms with E-state index >= 15 is 0 Å². The topological polar surface area (TPSA) is 52.8 Å². The van der Waals surface area contributed by atoms with Gasteiger partial charge in [0.05, 0.1) is 0 Å². The summed E-state index contributed by atoms with van der Waals surface area (Å²) in [5.74, 6) is 0.258. The molecular weight excluding hydrogens is 371 g/mol. The highest BCUT2D eigenvalue weighted by atomic mass is 35.5. The Hall–Kier alpha value is -0.850. The van der Waals surface area contributed by atoms with Crippen LogP contribution in [0.4, 0.5) is 0 Å². The zero-order chi connectivity index (χ0) is 17.4. The number of nitrogens with two attached hydrogens (primary N) is 1. The lowest BCUT2D eigenvalue weighted by Gasteiger charge is -2.35. The van der Waals surface area contributed by atoms with Crippen LogP contribution in [0.3, 0.4) is 0 Å². The van der Waals surface area contributed by atoms with E-state index in [4.69, 9.17) is 5.73 Å². The maximum absolute atomic E-state index is 12.1. The molecule has 1 saturated heterocycles. The molecule has 1 aromatic rings. The van der Waals surface area contributed by atoms with Gasteiger partial charge in [-0.1, -0.05) is 30.3 Å². The van der Waals surface area contributed by atoms with Gasteiger partial charge in [0.15, 0.2) is 0 Å². The molecule has 0 bridgehead atoms. The highest BCUT2D eigenvalue weighted by Crippen LogP contribution is 2.07. The standard InChI is InChI=1S/C19H32N4O.2ClH/c1-17(20)8-9-19(24)23-14-12-22(13-15-23)11-10-21(2)16-18-6-4-3-5-7-18;;/h3-7,17H,8-16,20H2,1-2H3;2*1H. The number of carbonyl (C=O) groups excluding carboxylic acids is 1. The van der Waals surface area contributed by atoms with E-state index in [0.717, 1.165) is 52.2 Å². The van der Waals surface area contributed by atoms with Gasteiger partial charge in [-0.2, -0.15) is 0 Å². The van der Waals surface area contributed by atoms with Gasteiger partial charge >= 0.3 is 0 Å². The van der Waals surface area contributed by atoms with E-state index < -0.39 is 0 Å². The van der Waals surface area contributed by atoms with Crippen molar-refractivity contribution in [2.75, 3.05) is 46.3 Å². The van der Waals surface area contributed by atoms with Gasteiger partial charge in [-0.25, -0.2) is 0 Å². The predicted octanol–water partition coefficient (Wildman–Crippen LogP) is 2.23. The third-order valence-corrected chi connectivity index (χ3v) is 4.63. The van der Waals surface area contributed by atoms with Gasteiger partial charge in [-0.3, -0.25) is 9.69 Å². The Kier molecular flexibility index (Phi) is 12.9. The van der Waals surface area contributed by atoms with Gasteiger partial charge in [-0.05, 0) is 26.0 Å². The molecule has 1 atom stereocenters. The summed E-state index contributed by atoms with van der Waals surface area (Å²) >= 11 is 0. The molecule has 26 heavy (non-hydrogen) atoms. The van der Waals surface area contributed by atoms with Crippen molar-refractivity contribution in [3.05, 3.63) is 35.9 Å². The minimum atomic E-state index is 0. The largest absolute Gasteiger partial charge is 0.340 e. The van der Waals surface area contributed by atoms with Crippen molar-refractivity contribution in [1.29, 1.82) is 0 Å². The van der Waals surface area contributed by atoms with E-state index in [9.17, 15) is 4.79 Å². The number of nitrogens with zero attached hydrogens (tertiary/aromatic N) is 3. The van der Waals surface area contributed by atoms with Crippen molar-refractivity contribution in [1.82, 2.24) is 14.7 Å². The number of benzene rings is 1. The van der Waals surface area contributed by atoms with Crippen molar-refractivity contribution >= 4 is 30.7 Å². The van der Waals surface area contributed by atoms with Gasteiger partial charge in [0.25, 0.3) is 0 Å². The Balaban J connectivity index is 0.00000312. The van der Waals surface area contributed by atoms with Crippen LogP contribution in [0.25, 0.3) is 0 Å². The van der Waals surface area contributed by atoms with Gasteiger partial charge in [0, 0.05) is 58.3 Å². The first kappa shape index (κ1) is 25.1. The molecule has 5 nitrogen and oxygen atoms in total. The third-order valence-electron chi connectivity index (χ3n) is 4.63. The van der Waals surface area contributed by atoms with Crippen molar-refractivity contribution in [2.45, 2.75) is 32.4 Å². The van der Waals surface area contributed by atoms with Crippen LogP contribution in [-0.4, -0.2) is 73.0 Å². The van der Waals surface area contributed by atoms with E-state index in [1.165, 1.54) is 5.56 Å². The molecular formula is C19H34Cl2N4O. The first-order valence-corrected chi connectivity index (χ1v) is 9.03. The minimum Gasteiger partial charge on any atom is -0.340 e. The van der Waals surface area contributed by atoms with Crippen LogP contribution in [0.15, 0.2) is 30.3 Å². The molecule has 1 unspecified atom stereocenters. The summed E-state index contributed by atoms with van der Waals surface area (Å²) in [6.07, 6.45) is 1.36. The summed E-state index contributed by atoms with van der Waals surface area (Å²) in [6, 6.07) is 10.7. The average Bonchev–Trinajstić information content (AvgIpc) is 2.59. The Morgan fingerprint density at radius 1 is 1.15 bits per heavy atom. The van der Waals surface area contributed by atoms with Crippen LogP contribution < -0.4 is 5.73 Å². The Labute approximate surface area is 170 Å². The fourth-order valence-electron chi connectivity index (χ4n) is 3.02. The van der Waals surface area contributed by atoms with Crippen molar-refractivity contribution in [3.8, 4) is 0 Å². The number of amides is 1. The maximum Gasteiger partial charge on any atom is 0.222 e. The molecule has 2 N–H and O–H groups in total. The summed E-state index contributed by atoms with van der Waals surface area (Å²) in [5, 5.41) is 0. The second-order valence-corrected chi connectivity index (χ2v) is 6.96. The fraction of sp³-hybridized carbons (Fsp3) is 0.632. The summed E-state index contributed by atoms with van der Waals surface area (Å²) in [7, 11) is 2.17. The molecule has 1 heterocycles. The van der Waals surface area contributed by atoms with Gasteiger partial charge in [0.1, 0.15) is 0 Å². The predicted molar refractivity (Wildman–Crippen MR) is 113 cm³/mol. The Bertz CT molecular complexity index is 494. The van der Waals surface area contributed by atoms with Crippen LogP contribution in [0, 0.1) is 0 Å². The number of carbonyl (C=O) groups is 1. The number of piperazine rings is 1. The first-order valence-electron chi connectivity index (χ1n) is 9.03. The molecule has 7 heteroatoms. The molecule has 0 spiro atoms. The SMILES string of the molecule is CC(N)CCC(=O)N1CCN(CCN(C)Cc2ccccc2)CC1.Cl.Cl. The maximum atomic E-state index is 12.1. The number of rotatable bonds is 8. The van der Waals surface area contributed by atoms with E-state index in [2.05, 4.69) is 47.2 Å². The molecule has 0 aliphatic carbocycles. The molecule has 150 valence electrons. The second-order valence-electron chi connectivity index (χ2n) is 6.96. The van der Waals surface area contributed by atoms with E-state index in [0.29, 0.717) is 6.42 Å². The van der Waals surface area contributed by atoms with Crippen molar-refractivity contribution < 1.29 is 4.79 Å². The molecule has 0 aromatic heterocycles. The average molecular weight is 405 g/mol. The number of halogens is 2. The lowest BCUT2D eigenvalue weighted by Crippen LogP contribution is -2.50. The normalized spacial score (nSPS) is 15.9. The Morgan fingerprint density at radius 3 is 2.35 bits per heavy atom. The molecule has 1 aromatic carbocycles. The zero-order valence-corrected chi connectivity index (χ0v) is 17.6. The summed E-state index contributed by atoms with van der Waals surface area (Å²) < 4.78 is 0.